The number of benzene rings is 2. The molecule has 0 saturated carbocycles. The van der Waals surface area contributed by atoms with E-state index in [0.717, 1.165) is 61.9 Å². The first-order valence-corrected chi connectivity index (χ1v) is 10.2. The van der Waals surface area contributed by atoms with E-state index in [1.54, 1.807) is 12.1 Å². The Morgan fingerprint density at radius 2 is 1.81 bits per heavy atom. The lowest BCUT2D eigenvalue weighted by Crippen LogP contribution is -2.36. The number of rotatable bonds is 7. The molecule has 1 fully saturated rings. The summed E-state index contributed by atoms with van der Waals surface area (Å²) in [6.07, 6.45) is 3.02. The Bertz CT molecular complexity index is 1060. The molecule has 2 N–H and O–H groups in total. The number of nitrogens with two attached hydrogens (primary N) is 1. The number of nitrogens with zero attached hydrogens (tertiary/aromatic N) is 4. The number of likely N-dealkylation sites (tertiary alicyclic amines) is 1. The van der Waals surface area contributed by atoms with E-state index in [0.29, 0.717) is 11.6 Å². The number of fused-ring (bicyclic) bond motifs is 1. The maximum absolute atomic E-state index is 11.7. The van der Waals surface area contributed by atoms with Crippen molar-refractivity contribution in [3.63, 3.8) is 0 Å². The first kappa shape index (κ1) is 22.7. The molecule has 2 aromatic carbocycles. The van der Waals surface area contributed by atoms with E-state index in [4.69, 9.17) is 5.73 Å². The first-order chi connectivity index (χ1) is 14.5. The topological polar surface area (TPSA) is 107 Å². The van der Waals surface area contributed by atoms with Crippen LogP contribution in [0.15, 0.2) is 48.5 Å². The SMILES string of the molecule is Cl.NC(=O)c1nn(CC2CCN(CCc3ccc([N+](=O)[O-])cc3)CC2)c2ccccc12. The Hall–Kier alpha value is -2.97. The average molecular weight is 444 g/mol. The second-order valence-electron chi connectivity index (χ2n) is 7.87. The summed E-state index contributed by atoms with van der Waals surface area (Å²) >= 11 is 0. The minimum atomic E-state index is -0.494. The lowest BCUT2D eigenvalue weighted by molar-refractivity contribution is -0.384. The summed E-state index contributed by atoms with van der Waals surface area (Å²) in [5, 5.41) is 16.0. The normalized spacial score (nSPS) is 15.0. The van der Waals surface area contributed by atoms with E-state index >= 15 is 0 Å². The third kappa shape index (κ3) is 5.21. The van der Waals surface area contributed by atoms with Crippen LogP contribution in [-0.2, 0) is 13.0 Å². The molecular formula is C22H26ClN5O3. The van der Waals surface area contributed by atoms with Gasteiger partial charge in [-0.15, -0.1) is 12.4 Å². The van der Waals surface area contributed by atoms with Gasteiger partial charge in [0.25, 0.3) is 11.6 Å². The number of nitro benzene ring substituents is 1. The van der Waals surface area contributed by atoms with Crippen molar-refractivity contribution >= 4 is 34.9 Å². The van der Waals surface area contributed by atoms with Gasteiger partial charge in [0, 0.05) is 30.6 Å². The second kappa shape index (κ2) is 9.89. The van der Waals surface area contributed by atoms with Gasteiger partial charge in [-0.3, -0.25) is 19.6 Å². The van der Waals surface area contributed by atoms with E-state index in [-0.39, 0.29) is 23.0 Å². The molecule has 0 unspecified atom stereocenters. The molecule has 1 aliphatic rings. The summed E-state index contributed by atoms with van der Waals surface area (Å²) in [5.74, 6) is 0.00988. The smallest absolute Gasteiger partial charge is 0.269 e. The van der Waals surface area contributed by atoms with Crippen molar-refractivity contribution in [3.05, 3.63) is 69.9 Å². The van der Waals surface area contributed by atoms with Crippen LogP contribution in [0.5, 0.6) is 0 Å². The minimum Gasteiger partial charge on any atom is -0.364 e. The zero-order valence-corrected chi connectivity index (χ0v) is 18.0. The molecule has 0 spiro atoms. The number of hydrogen-bond donors (Lipinski definition) is 1. The van der Waals surface area contributed by atoms with Crippen LogP contribution in [0.25, 0.3) is 10.9 Å². The van der Waals surface area contributed by atoms with E-state index < -0.39 is 5.91 Å². The number of non-ortho nitro benzene ring substituents is 1. The van der Waals surface area contributed by atoms with Crippen molar-refractivity contribution in [2.45, 2.75) is 25.8 Å². The number of piperidine rings is 1. The van der Waals surface area contributed by atoms with Crippen LogP contribution in [0, 0.1) is 16.0 Å². The summed E-state index contributed by atoms with van der Waals surface area (Å²) in [6.45, 7) is 3.75. The molecule has 164 valence electrons. The summed E-state index contributed by atoms with van der Waals surface area (Å²) in [5.41, 5.74) is 8.03. The zero-order valence-electron chi connectivity index (χ0n) is 17.1. The highest BCUT2D eigenvalue weighted by Crippen LogP contribution is 2.24. The molecule has 1 amide bonds. The molecule has 0 bridgehead atoms. The fourth-order valence-corrected chi connectivity index (χ4v) is 4.16. The number of amides is 1. The van der Waals surface area contributed by atoms with Crippen LogP contribution in [0.1, 0.15) is 28.9 Å². The van der Waals surface area contributed by atoms with Crippen LogP contribution < -0.4 is 5.73 Å². The monoisotopic (exact) mass is 443 g/mol. The first-order valence-electron chi connectivity index (χ1n) is 10.2. The van der Waals surface area contributed by atoms with Gasteiger partial charge in [-0.25, -0.2) is 0 Å². The van der Waals surface area contributed by atoms with E-state index in [9.17, 15) is 14.9 Å². The Morgan fingerprint density at radius 1 is 1.13 bits per heavy atom. The third-order valence-electron chi connectivity index (χ3n) is 5.89. The number of hydrogen-bond acceptors (Lipinski definition) is 5. The number of para-hydroxylation sites is 1. The van der Waals surface area contributed by atoms with Gasteiger partial charge in [0.1, 0.15) is 0 Å². The van der Waals surface area contributed by atoms with Gasteiger partial charge in [-0.05, 0) is 49.9 Å². The highest BCUT2D eigenvalue weighted by molar-refractivity contribution is 6.04. The molecule has 3 aromatic rings. The molecule has 0 aliphatic carbocycles. The van der Waals surface area contributed by atoms with Crippen molar-refractivity contribution < 1.29 is 9.72 Å². The number of nitro groups is 1. The highest BCUT2D eigenvalue weighted by atomic mass is 35.5. The molecular weight excluding hydrogens is 418 g/mol. The fourth-order valence-electron chi connectivity index (χ4n) is 4.16. The number of aromatic nitrogens is 2. The maximum Gasteiger partial charge on any atom is 0.269 e. The number of carbonyl (C=O) groups is 1. The molecule has 0 radical (unpaired) electrons. The summed E-state index contributed by atoms with van der Waals surface area (Å²) < 4.78 is 1.92. The second-order valence-corrected chi connectivity index (χ2v) is 7.87. The molecule has 2 heterocycles. The molecule has 1 aliphatic heterocycles. The molecule has 0 atom stereocenters. The number of primary amides is 1. The lowest BCUT2D eigenvalue weighted by Gasteiger charge is -2.32. The van der Waals surface area contributed by atoms with Crippen LogP contribution in [-0.4, -0.2) is 45.1 Å². The fraction of sp³-hybridized carbons (Fsp3) is 0.364. The van der Waals surface area contributed by atoms with Gasteiger partial charge in [-0.1, -0.05) is 30.3 Å². The highest BCUT2D eigenvalue weighted by Gasteiger charge is 2.22. The molecule has 31 heavy (non-hydrogen) atoms. The summed E-state index contributed by atoms with van der Waals surface area (Å²) in [6, 6.07) is 14.5. The van der Waals surface area contributed by atoms with Crippen molar-refractivity contribution in [1.82, 2.24) is 14.7 Å². The van der Waals surface area contributed by atoms with Crippen molar-refractivity contribution in [2.24, 2.45) is 11.7 Å². The Kier molecular flexibility index (Phi) is 7.25. The van der Waals surface area contributed by atoms with Gasteiger partial charge < -0.3 is 10.6 Å². The standard InChI is InChI=1S/C22H25N5O3.ClH/c23-22(28)21-19-3-1-2-4-20(19)26(24-21)15-17-10-13-25(14-11-17)12-9-16-5-7-18(8-6-16)27(29)30;/h1-8,17H,9-15H2,(H2,23,28);1H. The lowest BCUT2D eigenvalue weighted by atomic mass is 9.96. The molecule has 1 saturated heterocycles. The third-order valence-corrected chi connectivity index (χ3v) is 5.89. The van der Waals surface area contributed by atoms with E-state index in [1.165, 1.54) is 0 Å². The van der Waals surface area contributed by atoms with Gasteiger partial charge in [0.05, 0.1) is 10.4 Å². The van der Waals surface area contributed by atoms with E-state index in [1.807, 2.05) is 41.1 Å². The zero-order chi connectivity index (χ0) is 21.1. The quantitative estimate of drug-likeness (QED) is 0.444. The molecule has 8 nitrogen and oxygen atoms in total. The van der Waals surface area contributed by atoms with Gasteiger partial charge in [-0.2, -0.15) is 5.10 Å². The largest absolute Gasteiger partial charge is 0.364 e. The average Bonchev–Trinajstić information content (AvgIpc) is 3.12. The predicted octanol–water partition coefficient (Wildman–Crippen LogP) is 3.42. The van der Waals surface area contributed by atoms with Gasteiger partial charge in [0.2, 0.25) is 0 Å². The summed E-state index contributed by atoms with van der Waals surface area (Å²) in [4.78, 5) is 24.5. The van der Waals surface area contributed by atoms with Crippen molar-refractivity contribution in [3.8, 4) is 0 Å². The van der Waals surface area contributed by atoms with Crippen LogP contribution in [0.2, 0.25) is 0 Å². The van der Waals surface area contributed by atoms with Gasteiger partial charge in [0.15, 0.2) is 5.69 Å². The van der Waals surface area contributed by atoms with Crippen LogP contribution in [0.4, 0.5) is 5.69 Å². The maximum atomic E-state index is 11.7. The van der Waals surface area contributed by atoms with Gasteiger partial charge >= 0.3 is 0 Å². The van der Waals surface area contributed by atoms with Crippen molar-refractivity contribution in [2.75, 3.05) is 19.6 Å². The Balaban J connectivity index is 0.00000272. The Labute approximate surface area is 186 Å². The predicted molar refractivity (Wildman–Crippen MR) is 121 cm³/mol. The number of halogens is 1. The molecule has 4 rings (SSSR count). The van der Waals surface area contributed by atoms with Crippen LogP contribution >= 0.6 is 12.4 Å². The van der Waals surface area contributed by atoms with Crippen molar-refractivity contribution in [1.29, 1.82) is 0 Å². The Morgan fingerprint density at radius 3 is 2.45 bits per heavy atom. The summed E-state index contributed by atoms with van der Waals surface area (Å²) in [7, 11) is 0. The van der Waals surface area contributed by atoms with E-state index in [2.05, 4.69) is 10.00 Å². The number of carbonyl (C=O) groups excluding carboxylic acids is 1. The minimum absolute atomic E-state index is 0. The van der Waals surface area contributed by atoms with Crippen LogP contribution in [0.3, 0.4) is 0 Å². The molecule has 1 aromatic heterocycles. The molecule has 9 heteroatoms.